The van der Waals surface area contributed by atoms with Crippen LogP contribution in [0.5, 0.6) is 0 Å². The lowest BCUT2D eigenvalue weighted by Gasteiger charge is -2.16. The van der Waals surface area contributed by atoms with Crippen molar-refractivity contribution in [1.29, 1.82) is 0 Å². The van der Waals surface area contributed by atoms with Crippen LogP contribution in [0.2, 0.25) is 0 Å². The van der Waals surface area contributed by atoms with Crippen molar-refractivity contribution < 1.29 is 14.7 Å². The van der Waals surface area contributed by atoms with Gasteiger partial charge in [0.25, 0.3) is 0 Å². The number of hydrogen-bond donors (Lipinski definition) is 3. The molecule has 4 N–H and O–H groups in total. The standard InChI is InChI=1S/C16H32N2O3/c1-4-14(10-11-17)8-9-15(19)18-13(3)7-5-6-12(2)16(20)21/h12-14H,4-11,17H2,1-3H3,(H,18,19)(H,20,21). The number of rotatable bonds is 12. The van der Waals surface area contributed by atoms with Gasteiger partial charge in [-0.15, -0.1) is 0 Å². The zero-order valence-corrected chi connectivity index (χ0v) is 13.7. The van der Waals surface area contributed by atoms with E-state index in [0.29, 0.717) is 25.3 Å². The van der Waals surface area contributed by atoms with Gasteiger partial charge in [-0.3, -0.25) is 9.59 Å². The summed E-state index contributed by atoms with van der Waals surface area (Å²) in [5.74, 6) is -0.441. The van der Waals surface area contributed by atoms with Crippen molar-refractivity contribution in [3.8, 4) is 0 Å². The highest BCUT2D eigenvalue weighted by atomic mass is 16.4. The van der Waals surface area contributed by atoms with Crippen molar-refractivity contribution in [3.63, 3.8) is 0 Å². The summed E-state index contributed by atoms with van der Waals surface area (Å²) in [6, 6.07) is 0.105. The molecule has 0 aliphatic rings. The highest BCUT2D eigenvalue weighted by Gasteiger charge is 2.13. The zero-order valence-electron chi connectivity index (χ0n) is 13.7. The lowest BCUT2D eigenvalue weighted by Crippen LogP contribution is -2.32. The van der Waals surface area contributed by atoms with Gasteiger partial charge in [0.1, 0.15) is 0 Å². The van der Waals surface area contributed by atoms with Gasteiger partial charge >= 0.3 is 5.97 Å². The largest absolute Gasteiger partial charge is 0.481 e. The molecule has 21 heavy (non-hydrogen) atoms. The van der Waals surface area contributed by atoms with Crippen molar-refractivity contribution in [2.24, 2.45) is 17.6 Å². The minimum atomic E-state index is -0.753. The van der Waals surface area contributed by atoms with Crippen LogP contribution in [-0.4, -0.2) is 29.6 Å². The first-order chi connectivity index (χ1) is 9.90. The first-order valence-corrected chi connectivity index (χ1v) is 8.12. The average molecular weight is 300 g/mol. The molecular weight excluding hydrogens is 268 g/mol. The monoisotopic (exact) mass is 300 g/mol. The second kappa shape index (κ2) is 11.5. The van der Waals surface area contributed by atoms with E-state index in [1.165, 1.54) is 0 Å². The second-order valence-corrected chi connectivity index (χ2v) is 6.03. The summed E-state index contributed by atoms with van der Waals surface area (Å²) in [7, 11) is 0. The number of nitrogens with one attached hydrogen (secondary N) is 1. The van der Waals surface area contributed by atoms with Crippen molar-refractivity contribution >= 4 is 11.9 Å². The molecule has 5 nitrogen and oxygen atoms in total. The van der Waals surface area contributed by atoms with Crippen LogP contribution in [0.4, 0.5) is 0 Å². The molecule has 0 spiro atoms. The third-order valence-electron chi connectivity index (χ3n) is 4.04. The Balaban J connectivity index is 3.81. The van der Waals surface area contributed by atoms with Crippen molar-refractivity contribution in [2.45, 2.75) is 71.8 Å². The van der Waals surface area contributed by atoms with Crippen LogP contribution in [0, 0.1) is 11.8 Å². The number of amides is 1. The number of carboxylic acid groups (broad SMARTS) is 1. The third-order valence-corrected chi connectivity index (χ3v) is 4.04. The van der Waals surface area contributed by atoms with E-state index in [9.17, 15) is 9.59 Å². The number of carbonyl (C=O) groups excluding carboxylic acids is 1. The number of nitrogens with two attached hydrogens (primary N) is 1. The smallest absolute Gasteiger partial charge is 0.306 e. The van der Waals surface area contributed by atoms with Gasteiger partial charge in [-0.1, -0.05) is 26.7 Å². The van der Waals surface area contributed by atoms with Gasteiger partial charge in [0, 0.05) is 12.5 Å². The van der Waals surface area contributed by atoms with E-state index in [2.05, 4.69) is 12.2 Å². The molecule has 0 fully saturated rings. The van der Waals surface area contributed by atoms with Gasteiger partial charge in [0.15, 0.2) is 0 Å². The highest BCUT2D eigenvalue weighted by molar-refractivity contribution is 5.76. The molecular formula is C16H32N2O3. The number of carboxylic acids is 1. The predicted molar refractivity (Wildman–Crippen MR) is 84.9 cm³/mol. The Bertz CT molecular complexity index is 308. The number of carbonyl (C=O) groups is 2. The Labute approximate surface area is 128 Å². The maximum atomic E-state index is 11.8. The molecule has 0 aromatic carbocycles. The summed E-state index contributed by atoms with van der Waals surface area (Å²) in [5, 5.41) is 11.8. The summed E-state index contributed by atoms with van der Waals surface area (Å²) in [6.07, 6.45) is 5.78. The van der Waals surface area contributed by atoms with Gasteiger partial charge in [0.05, 0.1) is 5.92 Å². The van der Waals surface area contributed by atoms with Gasteiger partial charge < -0.3 is 16.2 Å². The maximum Gasteiger partial charge on any atom is 0.306 e. The maximum absolute atomic E-state index is 11.8. The molecule has 0 aliphatic carbocycles. The molecule has 1 amide bonds. The van der Waals surface area contributed by atoms with E-state index in [1.807, 2.05) is 6.92 Å². The Morgan fingerprint density at radius 3 is 2.33 bits per heavy atom. The minimum Gasteiger partial charge on any atom is -0.481 e. The SMILES string of the molecule is CCC(CCN)CCC(=O)NC(C)CCCC(C)C(=O)O. The summed E-state index contributed by atoms with van der Waals surface area (Å²) >= 11 is 0. The van der Waals surface area contributed by atoms with Crippen LogP contribution in [-0.2, 0) is 9.59 Å². The predicted octanol–water partition coefficient (Wildman–Crippen LogP) is 2.54. The first-order valence-electron chi connectivity index (χ1n) is 8.12. The minimum absolute atomic E-state index is 0.0873. The molecule has 0 aliphatic heterocycles. The molecule has 0 rings (SSSR count). The normalized spacial score (nSPS) is 15.2. The molecule has 0 bridgehead atoms. The molecule has 0 saturated heterocycles. The Morgan fingerprint density at radius 1 is 1.14 bits per heavy atom. The van der Waals surface area contributed by atoms with Gasteiger partial charge in [0.2, 0.25) is 5.91 Å². The Kier molecular flexibility index (Phi) is 10.9. The molecule has 3 unspecified atom stereocenters. The van der Waals surface area contributed by atoms with Gasteiger partial charge in [-0.25, -0.2) is 0 Å². The third kappa shape index (κ3) is 10.3. The van der Waals surface area contributed by atoms with Gasteiger partial charge in [-0.05, 0) is 45.1 Å². The summed E-state index contributed by atoms with van der Waals surface area (Å²) in [5.41, 5.74) is 5.55. The van der Waals surface area contributed by atoms with Crippen LogP contribution in [0.3, 0.4) is 0 Å². The fourth-order valence-electron chi connectivity index (χ4n) is 2.40. The van der Waals surface area contributed by atoms with E-state index in [-0.39, 0.29) is 17.9 Å². The molecule has 0 aromatic rings. The lowest BCUT2D eigenvalue weighted by atomic mass is 9.96. The fraction of sp³-hybridized carbons (Fsp3) is 0.875. The zero-order chi connectivity index (χ0) is 16.3. The van der Waals surface area contributed by atoms with E-state index in [0.717, 1.165) is 32.1 Å². The molecule has 3 atom stereocenters. The topological polar surface area (TPSA) is 92.4 Å². The molecule has 0 aromatic heterocycles. The van der Waals surface area contributed by atoms with Crippen LogP contribution < -0.4 is 11.1 Å². The van der Waals surface area contributed by atoms with E-state index < -0.39 is 5.97 Å². The Hall–Kier alpha value is -1.10. The van der Waals surface area contributed by atoms with Crippen molar-refractivity contribution in [2.75, 3.05) is 6.54 Å². The fourth-order valence-corrected chi connectivity index (χ4v) is 2.40. The van der Waals surface area contributed by atoms with E-state index in [4.69, 9.17) is 10.8 Å². The Morgan fingerprint density at radius 2 is 1.81 bits per heavy atom. The summed E-state index contributed by atoms with van der Waals surface area (Å²) < 4.78 is 0. The van der Waals surface area contributed by atoms with Crippen molar-refractivity contribution in [3.05, 3.63) is 0 Å². The van der Waals surface area contributed by atoms with Crippen LogP contribution in [0.25, 0.3) is 0 Å². The van der Waals surface area contributed by atoms with Crippen molar-refractivity contribution in [1.82, 2.24) is 5.32 Å². The quantitative estimate of drug-likeness (QED) is 0.516. The van der Waals surface area contributed by atoms with Crippen LogP contribution in [0.1, 0.15) is 65.7 Å². The van der Waals surface area contributed by atoms with E-state index >= 15 is 0 Å². The number of aliphatic carboxylic acids is 1. The summed E-state index contributed by atoms with van der Waals surface area (Å²) in [4.78, 5) is 22.6. The molecule has 124 valence electrons. The van der Waals surface area contributed by atoms with Gasteiger partial charge in [-0.2, -0.15) is 0 Å². The molecule has 5 heteroatoms. The first kappa shape index (κ1) is 19.9. The number of hydrogen-bond acceptors (Lipinski definition) is 3. The highest BCUT2D eigenvalue weighted by Crippen LogP contribution is 2.15. The average Bonchev–Trinajstić information content (AvgIpc) is 2.42. The van der Waals surface area contributed by atoms with E-state index in [1.54, 1.807) is 6.92 Å². The lowest BCUT2D eigenvalue weighted by molar-refractivity contribution is -0.141. The molecule has 0 heterocycles. The molecule has 0 saturated carbocycles. The van der Waals surface area contributed by atoms with Crippen LogP contribution in [0.15, 0.2) is 0 Å². The second-order valence-electron chi connectivity index (χ2n) is 6.03. The van der Waals surface area contributed by atoms with Crippen LogP contribution >= 0.6 is 0 Å². The molecule has 0 radical (unpaired) electrons. The summed E-state index contributed by atoms with van der Waals surface area (Å²) in [6.45, 7) is 6.50.